The Balaban J connectivity index is 4.20. The van der Waals surface area contributed by atoms with Crippen molar-refractivity contribution in [3.8, 4) is 0 Å². The average Bonchev–Trinajstić information content (AvgIpc) is 1.94. The molecule has 2 unspecified atom stereocenters. The second kappa shape index (κ2) is 5.02. The van der Waals surface area contributed by atoms with Gasteiger partial charge < -0.3 is 4.74 Å². The fourth-order valence-electron chi connectivity index (χ4n) is 0.915. The highest BCUT2D eigenvalue weighted by atomic mass is 19.4. The largest absolute Gasteiger partial charge is 0.428 e. The van der Waals surface area contributed by atoms with Crippen LogP contribution < -0.4 is 5.32 Å². The van der Waals surface area contributed by atoms with Crippen molar-refractivity contribution in [2.45, 2.75) is 38.0 Å². The van der Waals surface area contributed by atoms with Crippen LogP contribution in [0.3, 0.4) is 0 Å². The number of halogens is 6. The molecule has 92 valence electrons. The second-order valence-electron chi connectivity index (χ2n) is 2.98. The molecular weight excluding hydrogens is 228 g/mol. The molecule has 15 heavy (non-hydrogen) atoms. The molecule has 0 bridgehead atoms. The van der Waals surface area contributed by atoms with Crippen molar-refractivity contribution < 1.29 is 31.1 Å². The van der Waals surface area contributed by atoms with Crippen molar-refractivity contribution in [1.29, 1.82) is 0 Å². The summed E-state index contributed by atoms with van der Waals surface area (Å²) in [6.07, 6.45) is -14.6. The lowest BCUT2D eigenvalue weighted by Gasteiger charge is -2.24. The van der Waals surface area contributed by atoms with E-state index in [1.54, 1.807) is 5.32 Å². The molecule has 0 aromatic rings. The number of alkyl halides is 6. The predicted octanol–water partition coefficient (Wildman–Crippen LogP) is 2.45. The van der Waals surface area contributed by atoms with E-state index < -0.39 is 31.1 Å². The van der Waals surface area contributed by atoms with Gasteiger partial charge in [-0.1, -0.05) is 0 Å². The zero-order chi connectivity index (χ0) is 12.3. The molecule has 0 amide bonds. The van der Waals surface area contributed by atoms with E-state index in [1.165, 1.54) is 0 Å². The van der Waals surface area contributed by atoms with Crippen molar-refractivity contribution in [3.63, 3.8) is 0 Å². The van der Waals surface area contributed by atoms with Crippen LogP contribution in [0.1, 0.15) is 13.3 Å². The fraction of sp³-hybridized carbons (Fsp3) is 1.00. The highest BCUT2D eigenvalue weighted by Gasteiger charge is 2.42. The summed E-state index contributed by atoms with van der Waals surface area (Å²) in [6.45, 7) is 0.934. The molecule has 0 saturated heterocycles. The number of hydrogen-bond acceptors (Lipinski definition) is 2. The molecule has 0 heterocycles. The standard InChI is InChI=1S/C7H11F6NO/c1-4(3-6(8,9)10)15-5(14-2)7(11,12)13/h4-5,14H,3H2,1-2H3. The SMILES string of the molecule is CNC(OC(C)CC(F)(F)F)C(F)(F)F. The summed E-state index contributed by atoms with van der Waals surface area (Å²) in [5.41, 5.74) is 0. The van der Waals surface area contributed by atoms with E-state index in [-0.39, 0.29) is 0 Å². The van der Waals surface area contributed by atoms with Gasteiger partial charge in [0.25, 0.3) is 0 Å². The van der Waals surface area contributed by atoms with E-state index in [1.807, 2.05) is 0 Å². The third-order valence-electron chi connectivity index (χ3n) is 1.45. The monoisotopic (exact) mass is 239 g/mol. The lowest BCUT2D eigenvalue weighted by Crippen LogP contribution is -2.44. The van der Waals surface area contributed by atoms with Crippen molar-refractivity contribution in [3.05, 3.63) is 0 Å². The first-order valence-corrected chi connectivity index (χ1v) is 4.02. The lowest BCUT2D eigenvalue weighted by molar-refractivity contribution is -0.251. The number of ether oxygens (including phenoxy) is 1. The number of rotatable bonds is 4. The fourth-order valence-corrected chi connectivity index (χ4v) is 0.915. The highest BCUT2D eigenvalue weighted by molar-refractivity contribution is 4.67. The first kappa shape index (κ1) is 14.5. The van der Waals surface area contributed by atoms with Crippen LogP contribution in [-0.2, 0) is 4.74 Å². The van der Waals surface area contributed by atoms with E-state index in [0.29, 0.717) is 0 Å². The Morgan fingerprint density at radius 3 is 1.87 bits per heavy atom. The topological polar surface area (TPSA) is 21.3 Å². The molecule has 8 heteroatoms. The molecule has 0 spiro atoms. The summed E-state index contributed by atoms with van der Waals surface area (Å²) in [5.74, 6) is 0. The maximum atomic E-state index is 12.0. The Bertz CT molecular complexity index is 189. The smallest absolute Gasteiger partial charge is 0.351 e. The normalized spacial score (nSPS) is 17.6. The van der Waals surface area contributed by atoms with Crippen LogP contribution in [0.15, 0.2) is 0 Å². The molecule has 0 aromatic carbocycles. The third-order valence-corrected chi connectivity index (χ3v) is 1.45. The van der Waals surface area contributed by atoms with E-state index in [0.717, 1.165) is 14.0 Å². The molecule has 0 rings (SSSR count). The summed E-state index contributed by atoms with van der Waals surface area (Å²) in [7, 11) is 0.957. The quantitative estimate of drug-likeness (QED) is 0.601. The molecule has 0 fully saturated rings. The molecule has 0 aromatic heterocycles. The Morgan fingerprint density at radius 2 is 1.60 bits per heavy atom. The van der Waals surface area contributed by atoms with Crippen LogP contribution in [0.2, 0.25) is 0 Å². The maximum absolute atomic E-state index is 12.0. The van der Waals surface area contributed by atoms with Crippen molar-refractivity contribution in [1.82, 2.24) is 5.32 Å². The Morgan fingerprint density at radius 1 is 1.13 bits per heavy atom. The molecule has 2 nitrogen and oxygen atoms in total. The van der Waals surface area contributed by atoms with Crippen LogP contribution in [0.4, 0.5) is 26.3 Å². The van der Waals surface area contributed by atoms with Gasteiger partial charge in [0.1, 0.15) is 0 Å². The number of hydrogen-bond donors (Lipinski definition) is 1. The minimum Gasteiger partial charge on any atom is -0.351 e. The second-order valence-corrected chi connectivity index (χ2v) is 2.98. The van der Waals surface area contributed by atoms with Crippen molar-refractivity contribution in [2.24, 2.45) is 0 Å². The van der Waals surface area contributed by atoms with Gasteiger partial charge in [0, 0.05) is 0 Å². The van der Waals surface area contributed by atoms with Crippen LogP contribution in [0, 0.1) is 0 Å². The minimum absolute atomic E-state index is 0.934. The van der Waals surface area contributed by atoms with Crippen molar-refractivity contribution in [2.75, 3.05) is 7.05 Å². The van der Waals surface area contributed by atoms with Gasteiger partial charge in [0.2, 0.25) is 6.23 Å². The molecule has 2 atom stereocenters. The van der Waals surface area contributed by atoms with Gasteiger partial charge in [-0.2, -0.15) is 26.3 Å². The summed E-state index contributed by atoms with van der Waals surface area (Å²) in [5, 5.41) is 1.74. The van der Waals surface area contributed by atoms with Gasteiger partial charge in [-0.15, -0.1) is 0 Å². The van der Waals surface area contributed by atoms with Gasteiger partial charge in [0.15, 0.2) is 0 Å². The van der Waals surface area contributed by atoms with Gasteiger partial charge >= 0.3 is 12.4 Å². The third kappa shape index (κ3) is 6.56. The first-order valence-electron chi connectivity index (χ1n) is 4.02. The van der Waals surface area contributed by atoms with Crippen LogP contribution in [-0.4, -0.2) is 31.7 Å². The number of nitrogens with one attached hydrogen (secondary N) is 1. The average molecular weight is 239 g/mol. The molecule has 1 N–H and O–H groups in total. The van der Waals surface area contributed by atoms with Crippen LogP contribution >= 0.6 is 0 Å². The van der Waals surface area contributed by atoms with E-state index in [9.17, 15) is 26.3 Å². The van der Waals surface area contributed by atoms with Crippen molar-refractivity contribution >= 4 is 0 Å². The van der Waals surface area contributed by atoms with Crippen LogP contribution in [0.25, 0.3) is 0 Å². The zero-order valence-corrected chi connectivity index (χ0v) is 8.04. The molecule has 0 radical (unpaired) electrons. The van der Waals surface area contributed by atoms with E-state index >= 15 is 0 Å². The lowest BCUT2D eigenvalue weighted by atomic mass is 10.3. The predicted molar refractivity (Wildman–Crippen MR) is 40.1 cm³/mol. The molecular formula is C7H11F6NO. The Kier molecular flexibility index (Phi) is 4.85. The Labute approximate surface area is 82.6 Å². The Hall–Kier alpha value is -0.500. The summed E-state index contributed by atoms with van der Waals surface area (Å²) in [6, 6.07) is 0. The summed E-state index contributed by atoms with van der Waals surface area (Å²) in [4.78, 5) is 0. The van der Waals surface area contributed by atoms with Gasteiger partial charge in [-0.25, -0.2) is 0 Å². The maximum Gasteiger partial charge on any atom is 0.428 e. The van der Waals surface area contributed by atoms with Gasteiger partial charge in [-0.3, -0.25) is 5.32 Å². The molecule has 0 aliphatic heterocycles. The molecule has 0 saturated carbocycles. The first-order chi connectivity index (χ1) is 6.56. The zero-order valence-electron chi connectivity index (χ0n) is 8.04. The van der Waals surface area contributed by atoms with E-state index in [4.69, 9.17) is 0 Å². The molecule has 0 aliphatic carbocycles. The summed E-state index contributed by atoms with van der Waals surface area (Å²) >= 11 is 0. The van der Waals surface area contributed by atoms with Crippen LogP contribution in [0.5, 0.6) is 0 Å². The summed E-state index contributed by atoms with van der Waals surface area (Å²) < 4.78 is 75.6. The minimum atomic E-state index is -4.73. The van der Waals surface area contributed by atoms with Gasteiger partial charge in [0.05, 0.1) is 12.5 Å². The molecule has 0 aliphatic rings. The van der Waals surface area contributed by atoms with E-state index in [2.05, 4.69) is 4.74 Å². The highest BCUT2D eigenvalue weighted by Crippen LogP contribution is 2.26. The van der Waals surface area contributed by atoms with Gasteiger partial charge in [-0.05, 0) is 14.0 Å².